The third-order valence-corrected chi connectivity index (χ3v) is 4.20. The summed E-state index contributed by atoms with van der Waals surface area (Å²) in [5.41, 5.74) is 0.491. The Morgan fingerprint density at radius 1 is 1.60 bits per heavy atom. The van der Waals surface area contributed by atoms with Crippen LogP contribution < -0.4 is 5.32 Å². The van der Waals surface area contributed by atoms with Gasteiger partial charge in [-0.15, -0.1) is 11.3 Å². The molecule has 0 aromatic carbocycles. The first-order valence-electron chi connectivity index (χ1n) is 6.43. The number of carbonyl (C=O) groups is 2. The summed E-state index contributed by atoms with van der Waals surface area (Å²) in [4.78, 5) is 25.9. The number of methoxy groups -OCH3 is 1. The van der Waals surface area contributed by atoms with Crippen molar-refractivity contribution in [3.8, 4) is 0 Å². The van der Waals surface area contributed by atoms with Gasteiger partial charge < -0.3 is 15.2 Å². The van der Waals surface area contributed by atoms with Crippen LogP contribution in [0.15, 0.2) is 11.4 Å². The molecule has 0 bridgehead atoms. The molecule has 2 N–H and O–H groups in total. The highest BCUT2D eigenvalue weighted by Gasteiger charge is 2.24. The van der Waals surface area contributed by atoms with Gasteiger partial charge in [0.05, 0.1) is 19.3 Å². The molecule has 2 heterocycles. The Kier molecular flexibility index (Phi) is 5.11. The Balaban J connectivity index is 1.89. The van der Waals surface area contributed by atoms with E-state index in [1.54, 1.807) is 11.4 Å². The average molecular weight is 298 g/mol. The van der Waals surface area contributed by atoms with E-state index in [4.69, 9.17) is 5.11 Å². The van der Waals surface area contributed by atoms with Crippen molar-refractivity contribution in [3.05, 3.63) is 16.3 Å². The number of likely N-dealkylation sites (tertiary alicyclic amines) is 1. The molecule has 1 aliphatic rings. The smallest absolute Gasteiger partial charge is 0.350 e. The number of hydrogen-bond acceptors (Lipinski definition) is 6. The van der Waals surface area contributed by atoms with Crippen LogP contribution in [-0.4, -0.2) is 55.2 Å². The monoisotopic (exact) mass is 298 g/mol. The number of aliphatic hydroxyl groups is 1. The molecule has 6 nitrogen and oxygen atoms in total. The summed E-state index contributed by atoms with van der Waals surface area (Å²) < 4.78 is 4.66. The van der Waals surface area contributed by atoms with Crippen molar-refractivity contribution < 1.29 is 19.4 Å². The third-order valence-electron chi connectivity index (χ3n) is 3.31. The van der Waals surface area contributed by atoms with Gasteiger partial charge in [0.25, 0.3) is 0 Å². The highest BCUT2D eigenvalue weighted by molar-refractivity contribution is 7.12. The van der Waals surface area contributed by atoms with Gasteiger partial charge in [0, 0.05) is 13.2 Å². The number of nitrogens with one attached hydrogen (secondary N) is 1. The Bertz CT molecular complexity index is 488. The first-order valence-corrected chi connectivity index (χ1v) is 7.31. The van der Waals surface area contributed by atoms with Crippen LogP contribution in [0.2, 0.25) is 0 Å². The predicted octanol–water partition coefficient (Wildman–Crippen LogP) is 0.787. The lowest BCUT2D eigenvalue weighted by atomic mass is 10.1. The van der Waals surface area contributed by atoms with Crippen LogP contribution in [-0.2, 0) is 9.53 Å². The molecule has 1 aliphatic heterocycles. The molecule has 1 aromatic heterocycles. The quantitative estimate of drug-likeness (QED) is 0.786. The third kappa shape index (κ3) is 3.56. The number of aliphatic hydroxyl groups excluding tert-OH is 1. The van der Waals surface area contributed by atoms with Crippen LogP contribution in [0.4, 0.5) is 5.69 Å². The number of rotatable bonds is 5. The summed E-state index contributed by atoms with van der Waals surface area (Å²) in [7, 11) is 1.31. The van der Waals surface area contributed by atoms with E-state index in [9.17, 15) is 9.59 Å². The lowest BCUT2D eigenvalue weighted by molar-refractivity contribution is -0.117. The fourth-order valence-electron chi connectivity index (χ4n) is 2.26. The Morgan fingerprint density at radius 3 is 3.05 bits per heavy atom. The zero-order valence-electron chi connectivity index (χ0n) is 11.3. The van der Waals surface area contributed by atoms with E-state index in [1.807, 2.05) is 4.90 Å². The second-order valence-corrected chi connectivity index (χ2v) is 5.69. The molecular formula is C13H18N2O4S. The maximum absolute atomic E-state index is 12.0. The second-order valence-electron chi connectivity index (χ2n) is 4.78. The minimum absolute atomic E-state index is 0.160. The molecule has 7 heteroatoms. The van der Waals surface area contributed by atoms with Crippen LogP contribution in [0, 0.1) is 5.92 Å². The SMILES string of the molecule is COC(=O)c1sccc1NC(=O)CN1CCC(CO)C1. The fraction of sp³-hybridized carbons (Fsp3) is 0.538. The van der Waals surface area contributed by atoms with Crippen LogP contribution >= 0.6 is 11.3 Å². The van der Waals surface area contributed by atoms with Crippen LogP contribution in [0.5, 0.6) is 0 Å². The number of thiophene rings is 1. The summed E-state index contributed by atoms with van der Waals surface area (Å²) in [5, 5.41) is 13.5. The van der Waals surface area contributed by atoms with Gasteiger partial charge in [-0.1, -0.05) is 0 Å². The average Bonchev–Trinajstić information content (AvgIpc) is 3.07. The van der Waals surface area contributed by atoms with E-state index in [0.29, 0.717) is 10.6 Å². The number of hydrogen-bond donors (Lipinski definition) is 2. The molecule has 20 heavy (non-hydrogen) atoms. The molecule has 1 fully saturated rings. The molecule has 0 aliphatic carbocycles. The maximum atomic E-state index is 12.0. The van der Waals surface area contributed by atoms with Gasteiger partial charge in [0.1, 0.15) is 4.88 Å². The lowest BCUT2D eigenvalue weighted by Crippen LogP contribution is -2.32. The fourth-order valence-corrected chi connectivity index (χ4v) is 3.02. The standard InChI is InChI=1S/C13H18N2O4S/c1-19-13(18)12-10(3-5-20-12)14-11(17)7-15-4-2-9(6-15)8-16/h3,5,9,16H,2,4,6-8H2,1H3,(H,14,17). The van der Waals surface area contributed by atoms with Gasteiger partial charge in [0.2, 0.25) is 5.91 Å². The lowest BCUT2D eigenvalue weighted by Gasteiger charge is -2.15. The topological polar surface area (TPSA) is 78.9 Å². The first kappa shape index (κ1) is 15.0. The van der Waals surface area contributed by atoms with Crippen LogP contribution in [0.1, 0.15) is 16.1 Å². The van der Waals surface area contributed by atoms with Crippen molar-refractivity contribution >= 4 is 28.9 Å². The van der Waals surface area contributed by atoms with Gasteiger partial charge >= 0.3 is 5.97 Å². The molecule has 1 amide bonds. The Morgan fingerprint density at radius 2 is 2.40 bits per heavy atom. The number of anilines is 1. The van der Waals surface area contributed by atoms with Crippen molar-refractivity contribution in [1.82, 2.24) is 4.90 Å². The van der Waals surface area contributed by atoms with Crippen molar-refractivity contribution in [2.45, 2.75) is 6.42 Å². The molecule has 1 unspecified atom stereocenters. The Labute approximate surface area is 121 Å². The van der Waals surface area contributed by atoms with Crippen molar-refractivity contribution in [3.63, 3.8) is 0 Å². The summed E-state index contributed by atoms with van der Waals surface area (Å²) in [6.45, 7) is 1.98. The van der Waals surface area contributed by atoms with Gasteiger partial charge in [-0.05, 0) is 30.3 Å². The van der Waals surface area contributed by atoms with E-state index >= 15 is 0 Å². The van der Waals surface area contributed by atoms with E-state index in [1.165, 1.54) is 18.4 Å². The van der Waals surface area contributed by atoms with Crippen molar-refractivity contribution in [2.75, 3.05) is 38.7 Å². The molecule has 1 aromatic rings. The molecule has 0 radical (unpaired) electrons. The van der Waals surface area contributed by atoms with Crippen molar-refractivity contribution in [2.24, 2.45) is 5.92 Å². The van der Waals surface area contributed by atoms with Gasteiger partial charge in [0.15, 0.2) is 0 Å². The highest BCUT2D eigenvalue weighted by atomic mass is 32.1. The zero-order valence-corrected chi connectivity index (χ0v) is 12.1. The van der Waals surface area contributed by atoms with E-state index < -0.39 is 5.97 Å². The largest absolute Gasteiger partial charge is 0.465 e. The van der Waals surface area contributed by atoms with E-state index in [0.717, 1.165) is 19.5 Å². The van der Waals surface area contributed by atoms with Crippen molar-refractivity contribution in [1.29, 1.82) is 0 Å². The molecule has 1 saturated heterocycles. The second kappa shape index (κ2) is 6.83. The molecule has 0 saturated carbocycles. The Hall–Kier alpha value is -1.44. The van der Waals surface area contributed by atoms with Crippen LogP contribution in [0.3, 0.4) is 0 Å². The highest BCUT2D eigenvalue weighted by Crippen LogP contribution is 2.23. The van der Waals surface area contributed by atoms with Crippen LogP contribution in [0.25, 0.3) is 0 Å². The predicted molar refractivity (Wildman–Crippen MR) is 75.9 cm³/mol. The summed E-state index contributed by atoms with van der Waals surface area (Å²) in [6.07, 6.45) is 0.912. The number of carbonyl (C=O) groups excluding carboxylic acids is 2. The van der Waals surface area contributed by atoms with E-state index in [-0.39, 0.29) is 25.0 Å². The molecule has 110 valence electrons. The normalized spacial score (nSPS) is 19.0. The number of nitrogens with zero attached hydrogens (tertiary/aromatic N) is 1. The number of amides is 1. The minimum atomic E-state index is -0.447. The minimum Gasteiger partial charge on any atom is -0.465 e. The summed E-state index contributed by atoms with van der Waals surface area (Å²) in [6, 6.07) is 1.69. The summed E-state index contributed by atoms with van der Waals surface area (Å²) >= 11 is 1.24. The number of ether oxygens (including phenoxy) is 1. The molecule has 2 rings (SSSR count). The van der Waals surface area contributed by atoms with E-state index in [2.05, 4.69) is 10.1 Å². The zero-order chi connectivity index (χ0) is 14.5. The maximum Gasteiger partial charge on any atom is 0.350 e. The molecule has 0 spiro atoms. The molecule has 1 atom stereocenters. The first-order chi connectivity index (χ1) is 9.63. The summed E-state index contributed by atoms with van der Waals surface area (Å²) in [5.74, 6) is -0.349. The number of esters is 1. The molecular weight excluding hydrogens is 280 g/mol. The van der Waals surface area contributed by atoms with Gasteiger partial charge in [-0.25, -0.2) is 4.79 Å². The van der Waals surface area contributed by atoms with Gasteiger partial charge in [-0.2, -0.15) is 0 Å². The van der Waals surface area contributed by atoms with Gasteiger partial charge in [-0.3, -0.25) is 9.69 Å².